The summed E-state index contributed by atoms with van der Waals surface area (Å²) in [6.45, 7) is 9.96. The molecule has 0 aliphatic carbocycles. The largest absolute Gasteiger partial charge is 0.357 e. The fourth-order valence-electron chi connectivity index (χ4n) is 3.69. The van der Waals surface area contributed by atoms with Crippen LogP contribution in [0.2, 0.25) is 0 Å². The fraction of sp³-hybridized carbons (Fsp3) is 0.500. The van der Waals surface area contributed by atoms with Crippen molar-refractivity contribution in [2.45, 2.75) is 45.8 Å². The Bertz CT molecular complexity index is 837. The number of thiazole rings is 1. The monoisotopic (exact) mass is 428 g/mol. The number of carbonyl (C=O) groups is 1. The molecular formula is C22H32N6OS. The number of amides is 1. The Balaban J connectivity index is 1.47. The number of likely N-dealkylation sites (tertiary alicyclic amines) is 1. The van der Waals surface area contributed by atoms with Crippen molar-refractivity contribution in [1.29, 1.82) is 0 Å². The molecule has 7 nitrogen and oxygen atoms in total. The van der Waals surface area contributed by atoms with E-state index >= 15 is 0 Å². The van der Waals surface area contributed by atoms with E-state index in [4.69, 9.17) is 0 Å². The van der Waals surface area contributed by atoms with Crippen LogP contribution in [0.5, 0.6) is 0 Å². The minimum absolute atomic E-state index is 0.0793. The zero-order chi connectivity index (χ0) is 21.3. The predicted molar refractivity (Wildman–Crippen MR) is 123 cm³/mol. The normalized spacial score (nSPS) is 19.6. The maximum absolute atomic E-state index is 12.2. The molecule has 1 amide bonds. The number of aromatic nitrogens is 1. The first-order chi connectivity index (χ1) is 14.6. The highest BCUT2D eigenvalue weighted by atomic mass is 32.1. The molecule has 1 aromatic carbocycles. The summed E-state index contributed by atoms with van der Waals surface area (Å²) in [6.07, 6.45) is 1.08. The molecule has 2 aromatic rings. The van der Waals surface area contributed by atoms with Crippen LogP contribution in [0, 0.1) is 6.92 Å². The van der Waals surface area contributed by atoms with Gasteiger partial charge in [-0.25, -0.2) is 4.98 Å². The van der Waals surface area contributed by atoms with Crippen LogP contribution >= 0.6 is 11.3 Å². The van der Waals surface area contributed by atoms with Gasteiger partial charge in [0.15, 0.2) is 5.96 Å². The predicted octanol–water partition coefficient (Wildman–Crippen LogP) is 2.40. The molecule has 3 rings (SSSR count). The van der Waals surface area contributed by atoms with Crippen molar-refractivity contribution < 1.29 is 4.79 Å². The van der Waals surface area contributed by atoms with Crippen molar-refractivity contribution in [3.63, 3.8) is 0 Å². The van der Waals surface area contributed by atoms with Gasteiger partial charge in [-0.2, -0.15) is 0 Å². The summed E-state index contributed by atoms with van der Waals surface area (Å²) in [5.74, 6) is 0.726. The minimum atomic E-state index is -0.0793. The first-order valence-corrected chi connectivity index (χ1v) is 11.5. The summed E-state index contributed by atoms with van der Waals surface area (Å²) in [7, 11) is 0. The zero-order valence-electron chi connectivity index (χ0n) is 18.0. The van der Waals surface area contributed by atoms with Gasteiger partial charge in [0.1, 0.15) is 4.88 Å². The standard InChI is InChI=1S/C22H32N6OS/c1-4-23-22(25-11-10-24-21(29)20-17(3)26-15-30-20)27-19-12-16(2)28(14-19)13-18-8-6-5-7-9-18/h5-9,15-16,19H,4,10-14H2,1-3H3,(H,24,29)(H2,23,25,27). The number of benzene rings is 1. The highest BCUT2D eigenvalue weighted by molar-refractivity contribution is 7.11. The zero-order valence-corrected chi connectivity index (χ0v) is 18.8. The van der Waals surface area contributed by atoms with Gasteiger partial charge >= 0.3 is 0 Å². The minimum Gasteiger partial charge on any atom is -0.357 e. The van der Waals surface area contributed by atoms with Crippen LogP contribution < -0.4 is 16.0 Å². The van der Waals surface area contributed by atoms with E-state index in [0.29, 0.717) is 30.1 Å². The lowest BCUT2D eigenvalue weighted by molar-refractivity contribution is 0.0958. The van der Waals surface area contributed by atoms with Crippen molar-refractivity contribution in [3.05, 3.63) is 52.0 Å². The molecule has 2 heterocycles. The molecule has 8 heteroatoms. The molecule has 2 atom stereocenters. The van der Waals surface area contributed by atoms with E-state index in [2.05, 4.69) is 75.0 Å². The quantitative estimate of drug-likeness (QED) is 0.342. The molecule has 1 aliphatic rings. The van der Waals surface area contributed by atoms with E-state index in [9.17, 15) is 4.79 Å². The summed E-state index contributed by atoms with van der Waals surface area (Å²) in [4.78, 5) is 24.1. The Morgan fingerprint density at radius 3 is 2.80 bits per heavy atom. The average molecular weight is 429 g/mol. The Labute approximate surface area is 183 Å². The van der Waals surface area contributed by atoms with Gasteiger partial charge in [0, 0.05) is 38.3 Å². The van der Waals surface area contributed by atoms with Crippen molar-refractivity contribution >= 4 is 23.2 Å². The third-order valence-electron chi connectivity index (χ3n) is 5.24. The van der Waals surface area contributed by atoms with E-state index in [0.717, 1.165) is 37.7 Å². The van der Waals surface area contributed by atoms with Crippen molar-refractivity contribution in [3.8, 4) is 0 Å². The lowest BCUT2D eigenvalue weighted by Gasteiger charge is -2.21. The van der Waals surface area contributed by atoms with Crippen LogP contribution in [0.25, 0.3) is 0 Å². The van der Waals surface area contributed by atoms with Gasteiger partial charge in [0.05, 0.1) is 17.7 Å². The Hall–Kier alpha value is -2.45. The number of hydrogen-bond donors (Lipinski definition) is 3. The van der Waals surface area contributed by atoms with Gasteiger partial charge in [0.25, 0.3) is 5.91 Å². The van der Waals surface area contributed by atoms with E-state index in [-0.39, 0.29) is 5.91 Å². The second kappa shape index (κ2) is 11.1. The molecule has 0 saturated carbocycles. The third-order valence-corrected chi connectivity index (χ3v) is 6.16. The second-order valence-electron chi connectivity index (χ2n) is 7.62. The van der Waals surface area contributed by atoms with Crippen molar-refractivity contribution in [2.75, 3.05) is 26.2 Å². The topological polar surface area (TPSA) is 81.6 Å². The molecule has 3 N–H and O–H groups in total. The Kier molecular flexibility index (Phi) is 8.21. The molecule has 1 saturated heterocycles. The number of nitrogens with zero attached hydrogens (tertiary/aromatic N) is 3. The van der Waals surface area contributed by atoms with Crippen molar-refractivity contribution in [2.24, 2.45) is 4.99 Å². The van der Waals surface area contributed by atoms with Gasteiger partial charge in [-0.3, -0.25) is 14.7 Å². The van der Waals surface area contributed by atoms with Gasteiger partial charge in [0.2, 0.25) is 0 Å². The first-order valence-electron chi connectivity index (χ1n) is 10.6. The van der Waals surface area contributed by atoms with Gasteiger partial charge in [-0.05, 0) is 32.8 Å². The van der Waals surface area contributed by atoms with Gasteiger partial charge < -0.3 is 16.0 Å². The smallest absolute Gasteiger partial charge is 0.263 e. The third kappa shape index (κ3) is 6.27. The number of rotatable bonds is 8. The number of aliphatic imine (C=N–C) groups is 1. The summed E-state index contributed by atoms with van der Waals surface area (Å²) in [5, 5.41) is 9.80. The van der Waals surface area contributed by atoms with Crippen LogP contribution in [0.15, 0.2) is 40.8 Å². The van der Waals surface area contributed by atoms with E-state index < -0.39 is 0 Å². The molecule has 0 bridgehead atoms. The van der Waals surface area contributed by atoms with Crippen LogP contribution in [0.4, 0.5) is 0 Å². The van der Waals surface area contributed by atoms with Gasteiger partial charge in [-0.15, -0.1) is 11.3 Å². The van der Waals surface area contributed by atoms with Crippen LogP contribution in [0.3, 0.4) is 0 Å². The lowest BCUT2D eigenvalue weighted by atomic mass is 10.2. The summed E-state index contributed by atoms with van der Waals surface area (Å²) >= 11 is 1.36. The molecule has 1 aromatic heterocycles. The van der Waals surface area contributed by atoms with Crippen LogP contribution in [-0.4, -0.2) is 60.0 Å². The maximum Gasteiger partial charge on any atom is 0.263 e. The fourth-order valence-corrected chi connectivity index (χ4v) is 4.41. The van der Waals surface area contributed by atoms with Crippen LogP contribution in [0.1, 0.15) is 41.2 Å². The Morgan fingerprint density at radius 2 is 2.10 bits per heavy atom. The highest BCUT2D eigenvalue weighted by Gasteiger charge is 2.29. The van der Waals surface area contributed by atoms with Gasteiger partial charge in [-0.1, -0.05) is 30.3 Å². The van der Waals surface area contributed by atoms with E-state index in [1.807, 2.05) is 6.92 Å². The number of carbonyl (C=O) groups excluding carboxylic acids is 1. The van der Waals surface area contributed by atoms with E-state index in [1.54, 1.807) is 5.51 Å². The molecule has 30 heavy (non-hydrogen) atoms. The SMILES string of the molecule is CCNC(=NCCNC(=O)c1scnc1C)NC1CC(C)N(Cc2ccccc2)C1. The first kappa shape index (κ1) is 22.2. The molecule has 0 radical (unpaired) electrons. The summed E-state index contributed by atoms with van der Waals surface area (Å²) in [5.41, 5.74) is 3.81. The summed E-state index contributed by atoms with van der Waals surface area (Å²) in [6, 6.07) is 11.5. The highest BCUT2D eigenvalue weighted by Crippen LogP contribution is 2.20. The maximum atomic E-state index is 12.2. The molecule has 1 aliphatic heterocycles. The molecule has 2 unspecified atom stereocenters. The molecule has 0 spiro atoms. The summed E-state index contributed by atoms with van der Waals surface area (Å²) < 4.78 is 0. The molecule has 162 valence electrons. The van der Waals surface area contributed by atoms with Crippen LogP contribution in [-0.2, 0) is 6.54 Å². The van der Waals surface area contributed by atoms with E-state index in [1.165, 1.54) is 16.9 Å². The molecular weight excluding hydrogens is 396 g/mol. The average Bonchev–Trinajstić information content (AvgIpc) is 3.31. The molecule has 1 fully saturated rings. The Morgan fingerprint density at radius 1 is 1.30 bits per heavy atom. The number of hydrogen-bond acceptors (Lipinski definition) is 5. The lowest BCUT2D eigenvalue weighted by Crippen LogP contribution is -2.45. The number of aryl methyl sites for hydroxylation is 1. The number of nitrogens with one attached hydrogen (secondary N) is 3. The van der Waals surface area contributed by atoms with Crippen molar-refractivity contribution in [1.82, 2.24) is 25.8 Å². The number of guanidine groups is 1. The second-order valence-corrected chi connectivity index (χ2v) is 8.48.